The number of benzene rings is 3. The van der Waals surface area contributed by atoms with Crippen molar-refractivity contribution >= 4 is 10.0 Å². The van der Waals surface area contributed by atoms with Crippen molar-refractivity contribution in [2.24, 2.45) is 0 Å². The molecule has 0 unspecified atom stereocenters. The zero-order valence-electron chi connectivity index (χ0n) is 17.5. The highest BCUT2D eigenvalue weighted by Crippen LogP contribution is 2.24. The number of methoxy groups -OCH3 is 2. The van der Waals surface area contributed by atoms with Gasteiger partial charge in [-0.15, -0.1) is 0 Å². The summed E-state index contributed by atoms with van der Waals surface area (Å²) in [5, 5.41) is 8.97. The normalized spacial score (nSPS) is 11.2. The van der Waals surface area contributed by atoms with Gasteiger partial charge in [-0.05, 0) is 53.1 Å². The lowest BCUT2D eigenvalue weighted by molar-refractivity contribution is 0.397. The molecule has 0 bridgehead atoms. The lowest BCUT2D eigenvalue weighted by atomic mass is 10.2. The Morgan fingerprint density at radius 3 is 1.77 bits per heavy atom. The number of rotatable bonds is 9. The lowest BCUT2D eigenvalue weighted by Gasteiger charge is -2.23. The largest absolute Gasteiger partial charge is 0.497 e. The SMILES string of the molecule is COc1ccc(CN(Cc2ccc(OC)cc2)S(=O)(=O)c2cccc(CC#N)c2)cc1. The molecule has 3 rings (SSSR count). The second-order valence-corrected chi connectivity index (χ2v) is 8.89. The number of ether oxygens (including phenoxy) is 2. The summed E-state index contributed by atoms with van der Waals surface area (Å²) in [4.78, 5) is 0.169. The van der Waals surface area contributed by atoms with Crippen LogP contribution in [-0.4, -0.2) is 26.9 Å². The van der Waals surface area contributed by atoms with Crippen molar-refractivity contribution in [1.29, 1.82) is 5.26 Å². The highest BCUT2D eigenvalue weighted by Gasteiger charge is 2.25. The molecule has 0 fully saturated rings. The number of hydrogen-bond donors (Lipinski definition) is 0. The molecular formula is C24H24N2O4S. The van der Waals surface area contributed by atoms with Gasteiger partial charge in [0.25, 0.3) is 0 Å². The minimum absolute atomic E-state index is 0.153. The van der Waals surface area contributed by atoms with Crippen LogP contribution in [0.3, 0.4) is 0 Å². The maximum atomic E-state index is 13.5. The summed E-state index contributed by atoms with van der Waals surface area (Å²) in [5.41, 5.74) is 2.34. The predicted molar refractivity (Wildman–Crippen MR) is 118 cm³/mol. The van der Waals surface area contributed by atoms with E-state index in [-0.39, 0.29) is 24.4 Å². The minimum Gasteiger partial charge on any atom is -0.497 e. The van der Waals surface area contributed by atoms with E-state index in [1.807, 2.05) is 24.3 Å². The monoisotopic (exact) mass is 436 g/mol. The molecule has 3 aromatic carbocycles. The molecule has 0 saturated heterocycles. The van der Waals surface area contributed by atoms with E-state index in [4.69, 9.17) is 14.7 Å². The third-order valence-electron chi connectivity index (χ3n) is 4.86. The van der Waals surface area contributed by atoms with Gasteiger partial charge in [-0.1, -0.05) is 36.4 Å². The van der Waals surface area contributed by atoms with Crippen LogP contribution >= 0.6 is 0 Å². The Balaban J connectivity index is 1.96. The first-order valence-corrected chi connectivity index (χ1v) is 11.1. The number of hydrogen-bond acceptors (Lipinski definition) is 5. The molecule has 0 saturated carbocycles. The van der Waals surface area contributed by atoms with Crippen molar-refractivity contribution in [3.8, 4) is 17.6 Å². The van der Waals surface area contributed by atoms with Crippen LogP contribution in [-0.2, 0) is 29.5 Å². The summed E-state index contributed by atoms with van der Waals surface area (Å²) >= 11 is 0. The Hall–Kier alpha value is -3.34. The molecule has 3 aromatic rings. The summed E-state index contributed by atoms with van der Waals surface area (Å²) in [6.07, 6.45) is 0.153. The van der Waals surface area contributed by atoms with Crippen LogP contribution in [0.2, 0.25) is 0 Å². The van der Waals surface area contributed by atoms with Crippen LogP contribution in [0.25, 0.3) is 0 Å². The Kier molecular flexibility index (Phi) is 7.29. The fourth-order valence-corrected chi connectivity index (χ4v) is 4.64. The fourth-order valence-electron chi connectivity index (χ4n) is 3.15. The fraction of sp³-hybridized carbons (Fsp3) is 0.208. The van der Waals surface area contributed by atoms with E-state index in [1.165, 1.54) is 4.31 Å². The van der Waals surface area contributed by atoms with Crippen molar-refractivity contribution in [3.05, 3.63) is 89.5 Å². The van der Waals surface area contributed by atoms with Gasteiger partial charge in [-0.3, -0.25) is 0 Å². The van der Waals surface area contributed by atoms with Crippen molar-refractivity contribution in [3.63, 3.8) is 0 Å². The average molecular weight is 437 g/mol. The smallest absolute Gasteiger partial charge is 0.243 e. The van der Waals surface area contributed by atoms with Crippen LogP contribution in [0.5, 0.6) is 11.5 Å². The topological polar surface area (TPSA) is 79.6 Å². The van der Waals surface area contributed by atoms with Crippen molar-refractivity contribution in [2.75, 3.05) is 14.2 Å². The molecule has 31 heavy (non-hydrogen) atoms. The van der Waals surface area contributed by atoms with Crippen LogP contribution in [0.1, 0.15) is 16.7 Å². The highest BCUT2D eigenvalue weighted by atomic mass is 32.2. The number of sulfonamides is 1. The quantitative estimate of drug-likeness (QED) is 0.503. The molecule has 0 N–H and O–H groups in total. The molecule has 0 radical (unpaired) electrons. The Morgan fingerprint density at radius 2 is 1.32 bits per heavy atom. The summed E-state index contributed by atoms with van der Waals surface area (Å²) in [7, 11) is -0.634. The molecule has 6 nitrogen and oxygen atoms in total. The lowest BCUT2D eigenvalue weighted by Crippen LogP contribution is -2.30. The standard InChI is InChI=1S/C24H24N2O4S/c1-29-22-10-6-20(7-11-22)17-26(18-21-8-12-23(30-2)13-9-21)31(27,28)24-5-3-4-19(16-24)14-15-25/h3-13,16H,14,17-18H2,1-2H3. The molecular weight excluding hydrogens is 412 g/mol. The minimum atomic E-state index is -3.81. The third kappa shape index (κ3) is 5.63. The molecule has 0 aliphatic rings. The number of nitriles is 1. The van der Waals surface area contributed by atoms with E-state index >= 15 is 0 Å². The van der Waals surface area contributed by atoms with Crippen molar-refractivity contribution in [2.45, 2.75) is 24.4 Å². The van der Waals surface area contributed by atoms with Gasteiger partial charge in [0.2, 0.25) is 10.0 Å². The summed E-state index contributed by atoms with van der Waals surface area (Å²) in [5.74, 6) is 1.41. The molecule has 0 amide bonds. The van der Waals surface area contributed by atoms with E-state index in [1.54, 1.807) is 62.8 Å². The molecule has 0 aliphatic heterocycles. The third-order valence-corrected chi connectivity index (χ3v) is 6.64. The van der Waals surface area contributed by atoms with E-state index in [0.717, 1.165) is 11.1 Å². The van der Waals surface area contributed by atoms with E-state index in [0.29, 0.717) is 17.1 Å². The maximum Gasteiger partial charge on any atom is 0.243 e. The Morgan fingerprint density at radius 1 is 0.806 bits per heavy atom. The second kappa shape index (κ2) is 10.1. The van der Waals surface area contributed by atoms with E-state index in [9.17, 15) is 8.42 Å². The summed E-state index contributed by atoms with van der Waals surface area (Å²) in [6, 6.07) is 23.2. The van der Waals surface area contributed by atoms with Gasteiger partial charge in [0.15, 0.2) is 0 Å². The number of nitrogens with zero attached hydrogens (tertiary/aromatic N) is 2. The van der Waals surface area contributed by atoms with Gasteiger partial charge in [-0.25, -0.2) is 8.42 Å². The summed E-state index contributed by atoms with van der Waals surface area (Å²) in [6.45, 7) is 0.391. The first kappa shape index (κ1) is 22.3. The van der Waals surface area contributed by atoms with Crippen LogP contribution in [0.15, 0.2) is 77.7 Å². The zero-order valence-corrected chi connectivity index (χ0v) is 18.3. The maximum absolute atomic E-state index is 13.5. The van der Waals surface area contributed by atoms with E-state index < -0.39 is 10.0 Å². The average Bonchev–Trinajstić information content (AvgIpc) is 2.80. The van der Waals surface area contributed by atoms with Gasteiger partial charge in [0, 0.05) is 13.1 Å². The Labute approximate surface area is 183 Å². The molecule has 0 aliphatic carbocycles. The molecule has 160 valence electrons. The molecule has 0 spiro atoms. The van der Waals surface area contributed by atoms with Crippen LogP contribution in [0.4, 0.5) is 0 Å². The van der Waals surface area contributed by atoms with Crippen molar-refractivity contribution in [1.82, 2.24) is 4.31 Å². The van der Waals surface area contributed by atoms with Gasteiger partial charge in [-0.2, -0.15) is 9.57 Å². The van der Waals surface area contributed by atoms with Crippen LogP contribution in [0, 0.1) is 11.3 Å². The molecule has 7 heteroatoms. The predicted octanol–water partition coefficient (Wildman–Crippen LogP) is 4.16. The first-order chi connectivity index (χ1) is 15.0. The second-order valence-electron chi connectivity index (χ2n) is 6.95. The van der Waals surface area contributed by atoms with Gasteiger partial charge in [0.05, 0.1) is 31.6 Å². The van der Waals surface area contributed by atoms with Gasteiger partial charge < -0.3 is 9.47 Å². The molecule has 0 aromatic heterocycles. The van der Waals surface area contributed by atoms with Gasteiger partial charge >= 0.3 is 0 Å². The van der Waals surface area contributed by atoms with Crippen LogP contribution < -0.4 is 9.47 Å². The van der Waals surface area contributed by atoms with Gasteiger partial charge in [0.1, 0.15) is 11.5 Å². The van der Waals surface area contributed by atoms with E-state index in [2.05, 4.69) is 6.07 Å². The zero-order chi connectivity index (χ0) is 22.3. The molecule has 0 atom stereocenters. The van der Waals surface area contributed by atoms with Crippen molar-refractivity contribution < 1.29 is 17.9 Å². The Bertz CT molecular complexity index is 1100. The molecule has 0 heterocycles. The highest BCUT2D eigenvalue weighted by molar-refractivity contribution is 7.89. The summed E-state index contributed by atoms with van der Waals surface area (Å²) < 4.78 is 38.9. The first-order valence-electron chi connectivity index (χ1n) is 9.68.